The number of thiazole rings is 1. The molecule has 24 heavy (non-hydrogen) atoms. The Hall–Kier alpha value is -2.47. The Morgan fingerprint density at radius 1 is 1.25 bits per heavy atom. The van der Waals surface area contributed by atoms with Crippen molar-refractivity contribution in [3.05, 3.63) is 53.8 Å². The van der Waals surface area contributed by atoms with Gasteiger partial charge in [-0.15, -0.1) is 11.3 Å². The Labute approximate surface area is 143 Å². The number of piperidine rings is 1. The zero-order chi connectivity index (χ0) is 16.4. The maximum Gasteiger partial charge on any atom is 0.254 e. The Morgan fingerprint density at radius 2 is 2.12 bits per heavy atom. The highest BCUT2D eigenvalue weighted by Crippen LogP contribution is 2.22. The molecule has 1 saturated heterocycles. The molecule has 4 rings (SSSR count). The smallest absolute Gasteiger partial charge is 0.254 e. The number of pyridine rings is 1. The molecule has 3 heterocycles. The van der Waals surface area contributed by atoms with Gasteiger partial charge in [0, 0.05) is 24.5 Å². The molecule has 0 saturated carbocycles. The highest BCUT2D eigenvalue weighted by Gasteiger charge is 2.26. The van der Waals surface area contributed by atoms with Gasteiger partial charge in [-0.3, -0.25) is 9.78 Å². The van der Waals surface area contributed by atoms with E-state index in [1.54, 1.807) is 29.2 Å². The Morgan fingerprint density at radius 3 is 3.00 bits per heavy atom. The van der Waals surface area contributed by atoms with E-state index in [1.807, 2.05) is 35.2 Å². The molecule has 0 aliphatic carbocycles. The second-order valence-electron chi connectivity index (χ2n) is 5.85. The first kappa shape index (κ1) is 15.1. The number of ether oxygens (including phenoxy) is 1. The van der Waals surface area contributed by atoms with Gasteiger partial charge in [0.2, 0.25) is 0 Å². The fraction of sp³-hybridized carbons (Fsp3) is 0.278. The van der Waals surface area contributed by atoms with Crippen LogP contribution >= 0.6 is 11.3 Å². The summed E-state index contributed by atoms with van der Waals surface area (Å²) in [5, 5.41) is 0. The quantitative estimate of drug-likeness (QED) is 0.734. The summed E-state index contributed by atoms with van der Waals surface area (Å²) in [5.41, 5.74) is 3.46. The number of benzene rings is 1. The lowest BCUT2D eigenvalue weighted by Gasteiger charge is -2.33. The number of hydrogen-bond acceptors (Lipinski definition) is 5. The second kappa shape index (κ2) is 6.57. The minimum Gasteiger partial charge on any atom is -0.488 e. The topological polar surface area (TPSA) is 55.3 Å². The molecule has 0 bridgehead atoms. The fourth-order valence-corrected chi connectivity index (χ4v) is 3.72. The van der Waals surface area contributed by atoms with Crippen LogP contribution in [0.25, 0.3) is 10.2 Å². The summed E-state index contributed by atoms with van der Waals surface area (Å²) in [6.07, 6.45) is 5.36. The molecule has 1 unspecified atom stereocenters. The summed E-state index contributed by atoms with van der Waals surface area (Å²) in [6.45, 7) is 1.39. The number of nitrogens with zero attached hydrogens (tertiary/aromatic N) is 3. The molecule has 0 N–H and O–H groups in total. The van der Waals surface area contributed by atoms with Crippen molar-refractivity contribution < 1.29 is 9.53 Å². The van der Waals surface area contributed by atoms with E-state index in [0.717, 1.165) is 40.9 Å². The summed E-state index contributed by atoms with van der Waals surface area (Å²) in [7, 11) is 0. The van der Waals surface area contributed by atoms with Crippen LogP contribution in [0.15, 0.2) is 48.2 Å². The lowest BCUT2D eigenvalue weighted by Crippen LogP contribution is -2.44. The van der Waals surface area contributed by atoms with E-state index in [4.69, 9.17) is 4.74 Å². The molecular formula is C18H17N3O2S. The lowest BCUT2D eigenvalue weighted by atomic mass is 10.1. The van der Waals surface area contributed by atoms with Crippen LogP contribution in [-0.4, -0.2) is 40.0 Å². The molecule has 122 valence electrons. The van der Waals surface area contributed by atoms with Crippen LogP contribution in [-0.2, 0) is 0 Å². The Balaban J connectivity index is 1.47. The zero-order valence-corrected chi connectivity index (χ0v) is 13.9. The monoisotopic (exact) mass is 339 g/mol. The van der Waals surface area contributed by atoms with E-state index < -0.39 is 0 Å². The Bertz CT molecular complexity index is 850. The van der Waals surface area contributed by atoms with E-state index in [2.05, 4.69) is 9.97 Å². The molecule has 1 aliphatic rings. The highest BCUT2D eigenvalue weighted by atomic mass is 32.1. The van der Waals surface area contributed by atoms with Gasteiger partial charge < -0.3 is 9.64 Å². The van der Waals surface area contributed by atoms with Gasteiger partial charge >= 0.3 is 0 Å². The third-order valence-corrected chi connectivity index (χ3v) is 4.99. The van der Waals surface area contributed by atoms with Crippen molar-refractivity contribution in [1.29, 1.82) is 0 Å². The second-order valence-corrected chi connectivity index (χ2v) is 6.74. The van der Waals surface area contributed by atoms with E-state index in [-0.39, 0.29) is 12.0 Å². The SMILES string of the molecule is O=C(c1ccc2ncsc2c1)N1CCCC(Oc2ccncc2)C1. The number of carbonyl (C=O) groups is 1. The first-order valence-electron chi connectivity index (χ1n) is 7.99. The van der Waals surface area contributed by atoms with Crippen LogP contribution in [0.3, 0.4) is 0 Å². The number of amides is 1. The maximum absolute atomic E-state index is 12.8. The predicted octanol–water partition coefficient (Wildman–Crippen LogP) is 3.37. The molecule has 1 amide bonds. The van der Waals surface area contributed by atoms with Crippen LogP contribution in [0.5, 0.6) is 5.75 Å². The molecule has 2 aromatic heterocycles. The van der Waals surface area contributed by atoms with Crippen molar-refractivity contribution in [2.45, 2.75) is 18.9 Å². The first-order valence-corrected chi connectivity index (χ1v) is 8.87. The van der Waals surface area contributed by atoms with E-state index >= 15 is 0 Å². The average Bonchev–Trinajstić information content (AvgIpc) is 3.10. The molecule has 0 radical (unpaired) electrons. The van der Waals surface area contributed by atoms with Gasteiger partial charge in [-0.05, 0) is 43.2 Å². The van der Waals surface area contributed by atoms with E-state index in [9.17, 15) is 4.79 Å². The number of likely N-dealkylation sites (tertiary alicyclic amines) is 1. The number of rotatable bonds is 3. The summed E-state index contributed by atoms with van der Waals surface area (Å²) >= 11 is 1.56. The maximum atomic E-state index is 12.8. The molecular weight excluding hydrogens is 322 g/mol. The predicted molar refractivity (Wildman–Crippen MR) is 93.4 cm³/mol. The van der Waals surface area contributed by atoms with Crippen LogP contribution in [0.4, 0.5) is 0 Å². The van der Waals surface area contributed by atoms with Crippen molar-refractivity contribution in [3.8, 4) is 5.75 Å². The van der Waals surface area contributed by atoms with Gasteiger partial charge in [-0.2, -0.15) is 0 Å². The van der Waals surface area contributed by atoms with Gasteiger partial charge in [0.1, 0.15) is 11.9 Å². The summed E-state index contributed by atoms with van der Waals surface area (Å²) in [5.74, 6) is 0.865. The van der Waals surface area contributed by atoms with Gasteiger partial charge in [0.05, 0.1) is 22.3 Å². The minimum absolute atomic E-state index is 0.0252. The number of fused-ring (bicyclic) bond motifs is 1. The van der Waals surface area contributed by atoms with Gasteiger partial charge in [-0.1, -0.05) is 0 Å². The van der Waals surface area contributed by atoms with E-state index in [1.165, 1.54) is 0 Å². The summed E-state index contributed by atoms with van der Waals surface area (Å²) in [6, 6.07) is 9.39. The fourth-order valence-electron chi connectivity index (χ4n) is 3.00. The van der Waals surface area contributed by atoms with Gasteiger partial charge in [0.15, 0.2) is 0 Å². The van der Waals surface area contributed by atoms with Gasteiger partial charge in [0.25, 0.3) is 5.91 Å². The van der Waals surface area contributed by atoms with Crippen molar-refractivity contribution in [2.24, 2.45) is 0 Å². The summed E-state index contributed by atoms with van der Waals surface area (Å²) in [4.78, 5) is 22.9. The van der Waals surface area contributed by atoms with Crippen molar-refractivity contribution in [2.75, 3.05) is 13.1 Å². The third-order valence-electron chi connectivity index (χ3n) is 4.20. The van der Waals surface area contributed by atoms with Crippen molar-refractivity contribution in [1.82, 2.24) is 14.9 Å². The molecule has 0 spiro atoms. The molecule has 1 aliphatic heterocycles. The van der Waals surface area contributed by atoms with Crippen molar-refractivity contribution >= 4 is 27.5 Å². The molecule has 1 atom stereocenters. The number of carbonyl (C=O) groups excluding carboxylic acids is 1. The Kier molecular flexibility index (Phi) is 4.13. The molecule has 1 fully saturated rings. The number of aromatic nitrogens is 2. The average molecular weight is 339 g/mol. The minimum atomic E-state index is 0.0252. The first-order chi connectivity index (χ1) is 11.8. The molecule has 6 heteroatoms. The number of hydrogen-bond donors (Lipinski definition) is 0. The molecule has 5 nitrogen and oxygen atoms in total. The summed E-state index contributed by atoms with van der Waals surface area (Å²) < 4.78 is 7.03. The molecule has 3 aromatic rings. The van der Waals surface area contributed by atoms with Crippen LogP contribution in [0.2, 0.25) is 0 Å². The van der Waals surface area contributed by atoms with Crippen LogP contribution < -0.4 is 4.74 Å². The molecule has 1 aromatic carbocycles. The standard InChI is InChI=1S/C18H17N3O2S/c22-18(13-3-4-16-17(10-13)24-12-20-16)21-9-1-2-15(11-21)23-14-5-7-19-8-6-14/h3-8,10,12,15H,1-2,9,11H2. The van der Waals surface area contributed by atoms with Gasteiger partial charge in [-0.25, -0.2) is 4.98 Å². The van der Waals surface area contributed by atoms with Crippen LogP contribution in [0, 0.1) is 0 Å². The lowest BCUT2D eigenvalue weighted by molar-refractivity contribution is 0.0538. The normalized spacial score (nSPS) is 17.8. The zero-order valence-electron chi connectivity index (χ0n) is 13.1. The largest absolute Gasteiger partial charge is 0.488 e. The van der Waals surface area contributed by atoms with Crippen molar-refractivity contribution in [3.63, 3.8) is 0 Å². The van der Waals surface area contributed by atoms with Crippen LogP contribution in [0.1, 0.15) is 23.2 Å². The highest BCUT2D eigenvalue weighted by molar-refractivity contribution is 7.16. The third kappa shape index (κ3) is 3.10. The van der Waals surface area contributed by atoms with E-state index in [0.29, 0.717) is 6.54 Å².